The van der Waals surface area contributed by atoms with Gasteiger partial charge < -0.3 is 14.7 Å². The fourth-order valence-corrected chi connectivity index (χ4v) is 2.42. The van der Waals surface area contributed by atoms with Gasteiger partial charge in [0.1, 0.15) is 24.0 Å². The monoisotopic (exact) mass is 372 g/mol. The Morgan fingerprint density at radius 3 is 2.76 bits per heavy atom. The first-order valence-corrected chi connectivity index (χ1v) is 7.14. The van der Waals surface area contributed by atoms with Crippen molar-refractivity contribution in [3.05, 3.63) is 32.8 Å². The Hall–Kier alpha value is -1.55. The molecular weight excluding hydrogens is 360 g/mol. The number of hydrogen-bond acceptors (Lipinski definition) is 4. The minimum Gasteiger partial charge on any atom is -0.490 e. The summed E-state index contributed by atoms with van der Waals surface area (Å²) in [5.41, 5.74) is 0.0497. The van der Waals surface area contributed by atoms with Gasteiger partial charge in [-0.25, -0.2) is 4.79 Å². The van der Waals surface area contributed by atoms with Crippen LogP contribution in [0.1, 0.15) is 5.56 Å². The molecule has 1 aromatic carbocycles. The van der Waals surface area contributed by atoms with Crippen molar-refractivity contribution in [3.8, 4) is 11.8 Å². The molecule has 112 valence electrons. The summed E-state index contributed by atoms with van der Waals surface area (Å²) in [6, 6.07) is 4.83. The fraction of sp³-hybridized carbons (Fsp3) is 0.286. The van der Waals surface area contributed by atoms with Gasteiger partial charge in [0.2, 0.25) is 0 Å². The summed E-state index contributed by atoms with van der Waals surface area (Å²) >= 11 is 9.29. The standard InChI is InChI=1S/C14H14BrClN2O3/c1-18(2)3-4-21-13-9(5-10(8-17)14(19)20)6-11(16)7-12(13)15/h5-7H,3-4H2,1-2H3,(H,19,20). The molecule has 0 aliphatic rings. The van der Waals surface area contributed by atoms with Crippen LogP contribution in [-0.2, 0) is 4.79 Å². The number of nitrogens with zero attached hydrogens (tertiary/aromatic N) is 2. The average Bonchev–Trinajstić information content (AvgIpc) is 2.37. The van der Waals surface area contributed by atoms with E-state index < -0.39 is 5.97 Å². The summed E-state index contributed by atoms with van der Waals surface area (Å²) in [6.45, 7) is 1.12. The molecule has 0 aromatic heterocycles. The van der Waals surface area contributed by atoms with Crippen LogP contribution in [0, 0.1) is 11.3 Å². The van der Waals surface area contributed by atoms with Gasteiger partial charge in [0, 0.05) is 17.1 Å². The zero-order valence-electron chi connectivity index (χ0n) is 11.6. The molecule has 5 nitrogen and oxygen atoms in total. The maximum absolute atomic E-state index is 10.9. The smallest absolute Gasteiger partial charge is 0.346 e. The second-order valence-corrected chi connectivity index (χ2v) is 5.72. The lowest BCUT2D eigenvalue weighted by Crippen LogP contribution is -2.19. The molecular formula is C14H14BrClN2O3. The molecule has 0 bridgehead atoms. The van der Waals surface area contributed by atoms with Crippen molar-refractivity contribution in [3.63, 3.8) is 0 Å². The maximum Gasteiger partial charge on any atom is 0.346 e. The molecule has 1 aromatic rings. The van der Waals surface area contributed by atoms with E-state index in [4.69, 9.17) is 26.7 Å². The quantitative estimate of drug-likeness (QED) is 0.613. The van der Waals surface area contributed by atoms with Gasteiger partial charge in [0.05, 0.1) is 4.47 Å². The third-order valence-corrected chi connectivity index (χ3v) is 3.28. The number of hydrogen-bond donors (Lipinski definition) is 1. The van der Waals surface area contributed by atoms with Crippen LogP contribution in [-0.4, -0.2) is 43.2 Å². The minimum absolute atomic E-state index is 0.387. The normalized spacial score (nSPS) is 11.3. The lowest BCUT2D eigenvalue weighted by Gasteiger charge is -2.14. The first-order chi connectivity index (χ1) is 9.85. The van der Waals surface area contributed by atoms with Crippen LogP contribution in [0.5, 0.6) is 5.75 Å². The van der Waals surface area contributed by atoms with E-state index in [1.165, 1.54) is 6.08 Å². The number of carboxylic acid groups (broad SMARTS) is 1. The van der Waals surface area contributed by atoms with Crippen molar-refractivity contribution in [1.82, 2.24) is 4.90 Å². The molecule has 0 aliphatic heterocycles. The third-order valence-electron chi connectivity index (χ3n) is 2.47. The van der Waals surface area contributed by atoms with E-state index in [2.05, 4.69) is 15.9 Å². The predicted octanol–water partition coefficient (Wildman–Crippen LogP) is 3.03. The number of benzene rings is 1. The Balaban J connectivity index is 3.17. The Bertz CT molecular complexity index is 609. The summed E-state index contributed by atoms with van der Waals surface area (Å²) < 4.78 is 6.26. The van der Waals surface area contributed by atoms with Crippen LogP contribution in [0.2, 0.25) is 5.02 Å². The zero-order valence-corrected chi connectivity index (χ0v) is 13.9. The molecule has 0 aliphatic carbocycles. The van der Waals surface area contributed by atoms with Crippen molar-refractivity contribution >= 4 is 39.6 Å². The van der Waals surface area contributed by atoms with Crippen LogP contribution >= 0.6 is 27.5 Å². The summed E-state index contributed by atoms with van der Waals surface area (Å²) in [4.78, 5) is 12.9. The van der Waals surface area contributed by atoms with E-state index in [0.29, 0.717) is 34.0 Å². The van der Waals surface area contributed by atoms with Crippen LogP contribution in [0.3, 0.4) is 0 Å². The summed E-state index contributed by atoms with van der Waals surface area (Å²) in [5.74, 6) is -0.844. The van der Waals surface area contributed by atoms with Gasteiger partial charge in [-0.2, -0.15) is 5.26 Å². The highest BCUT2D eigenvalue weighted by Crippen LogP contribution is 2.34. The van der Waals surface area contributed by atoms with Crippen LogP contribution in [0.4, 0.5) is 0 Å². The van der Waals surface area contributed by atoms with Crippen LogP contribution in [0.15, 0.2) is 22.2 Å². The lowest BCUT2D eigenvalue weighted by atomic mass is 10.1. The molecule has 1 rings (SSSR count). The molecule has 0 radical (unpaired) electrons. The highest BCUT2D eigenvalue weighted by Gasteiger charge is 2.13. The van der Waals surface area contributed by atoms with Crippen molar-refractivity contribution in [2.24, 2.45) is 0 Å². The van der Waals surface area contributed by atoms with Crippen molar-refractivity contribution in [2.75, 3.05) is 27.2 Å². The van der Waals surface area contributed by atoms with E-state index in [-0.39, 0.29) is 5.57 Å². The van der Waals surface area contributed by atoms with E-state index in [1.54, 1.807) is 18.2 Å². The molecule has 0 saturated heterocycles. The first kappa shape index (κ1) is 17.5. The maximum atomic E-state index is 10.9. The van der Waals surface area contributed by atoms with Gasteiger partial charge in [0.25, 0.3) is 0 Å². The number of aliphatic carboxylic acids is 1. The number of rotatable bonds is 6. The van der Waals surface area contributed by atoms with Gasteiger partial charge in [-0.05, 0) is 48.2 Å². The molecule has 0 atom stereocenters. The Labute approximate surface area is 136 Å². The lowest BCUT2D eigenvalue weighted by molar-refractivity contribution is -0.132. The topological polar surface area (TPSA) is 73.6 Å². The molecule has 0 heterocycles. The molecule has 0 saturated carbocycles. The summed E-state index contributed by atoms with van der Waals surface area (Å²) in [5, 5.41) is 18.2. The largest absolute Gasteiger partial charge is 0.490 e. The molecule has 0 unspecified atom stereocenters. The second-order valence-electron chi connectivity index (χ2n) is 4.43. The third kappa shape index (κ3) is 5.38. The number of nitriles is 1. The Morgan fingerprint density at radius 2 is 2.24 bits per heavy atom. The fourth-order valence-electron chi connectivity index (χ4n) is 1.47. The second kappa shape index (κ2) is 8.03. The van der Waals surface area contributed by atoms with Gasteiger partial charge >= 0.3 is 5.97 Å². The number of carbonyl (C=O) groups is 1. The van der Waals surface area contributed by atoms with Crippen molar-refractivity contribution < 1.29 is 14.6 Å². The van der Waals surface area contributed by atoms with Crippen LogP contribution < -0.4 is 4.74 Å². The Kier molecular flexibility index (Phi) is 6.69. The minimum atomic E-state index is -1.30. The first-order valence-electron chi connectivity index (χ1n) is 5.96. The molecule has 0 fully saturated rings. The van der Waals surface area contributed by atoms with E-state index in [0.717, 1.165) is 0 Å². The summed E-state index contributed by atoms with van der Waals surface area (Å²) in [7, 11) is 3.83. The van der Waals surface area contributed by atoms with Gasteiger partial charge in [0.15, 0.2) is 0 Å². The predicted molar refractivity (Wildman–Crippen MR) is 84.4 cm³/mol. The zero-order chi connectivity index (χ0) is 16.0. The van der Waals surface area contributed by atoms with Gasteiger partial charge in [-0.15, -0.1) is 0 Å². The Morgan fingerprint density at radius 1 is 1.57 bits per heavy atom. The molecule has 0 spiro atoms. The average molecular weight is 374 g/mol. The van der Waals surface area contributed by atoms with Gasteiger partial charge in [-0.1, -0.05) is 11.6 Å². The molecule has 7 heteroatoms. The number of ether oxygens (including phenoxy) is 1. The SMILES string of the molecule is CN(C)CCOc1c(Br)cc(Cl)cc1C=C(C#N)C(=O)O. The van der Waals surface area contributed by atoms with Gasteiger partial charge in [-0.3, -0.25) is 0 Å². The molecule has 21 heavy (non-hydrogen) atoms. The van der Waals surface area contributed by atoms with E-state index in [9.17, 15) is 4.79 Å². The highest BCUT2D eigenvalue weighted by atomic mass is 79.9. The molecule has 1 N–H and O–H groups in total. The summed E-state index contributed by atoms with van der Waals surface area (Å²) in [6.07, 6.45) is 1.24. The number of halogens is 2. The van der Waals surface area contributed by atoms with Crippen molar-refractivity contribution in [2.45, 2.75) is 0 Å². The van der Waals surface area contributed by atoms with Crippen molar-refractivity contribution in [1.29, 1.82) is 5.26 Å². The van der Waals surface area contributed by atoms with E-state index >= 15 is 0 Å². The van der Waals surface area contributed by atoms with Crippen LogP contribution in [0.25, 0.3) is 6.08 Å². The molecule has 0 amide bonds. The highest BCUT2D eigenvalue weighted by molar-refractivity contribution is 9.10. The number of likely N-dealkylation sites (N-methyl/N-ethyl adjacent to an activating group) is 1. The number of carboxylic acids is 1. The van der Waals surface area contributed by atoms with E-state index in [1.807, 2.05) is 19.0 Å².